The standard InChI is InChI=1S/C37H41N7O2/c1-25-29(9-7-11-31(25)37-41-33(24-46)34(43(37)4)14-18-42(3)19-20-45)30-10-8-12-32(26(30)2)40-36-35-28(13-15-38-36)21-27(22-39-35)23-44-16-5-6-17-44/h7-15,18,21-22,24,45H,5-6,16-17,19-20,23H2,1-4H3,(H,38,40)/b18-14-. The van der Waals surface area contributed by atoms with E-state index < -0.39 is 0 Å². The molecule has 0 saturated carbocycles. The van der Waals surface area contributed by atoms with Gasteiger partial charge in [-0.2, -0.15) is 0 Å². The number of pyridine rings is 2. The molecule has 1 fully saturated rings. The van der Waals surface area contributed by atoms with Crippen molar-refractivity contribution in [3.63, 3.8) is 0 Å². The number of hydrogen-bond donors (Lipinski definition) is 2. The Labute approximate surface area is 270 Å². The fourth-order valence-electron chi connectivity index (χ4n) is 6.33. The van der Waals surface area contributed by atoms with Crippen molar-refractivity contribution in [2.75, 3.05) is 38.6 Å². The molecule has 46 heavy (non-hydrogen) atoms. The van der Waals surface area contributed by atoms with E-state index in [1.165, 1.54) is 18.4 Å². The Morgan fingerprint density at radius 3 is 2.50 bits per heavy atom. The normalized spacial score (nSPS) is 13.6. The van der Waals surface area contributed by atoms with Crippen LogP contribution in [0.1, 0.15) is 45.7 Å². The van der Waals surface area contributed by atoms with E-state index in [0.717, 1.165) is 76.1 Å². The molecule has 9 heteroatoms. The number of hydrogen-bond acceptors (Lipinski definition) is 8. The zero-order valence-corrected chi connectivity index (χ0v) is 27.0. The predicted molar refractivity (Wildman–Crippen MR) is 185 cm³/mol. The first-order chi connectivity index (χ1) is 22.4. The van der Waals surface area contributed by atoms with Crippen molar-refractivity contribution in [2.45, 2.75) is 33.2 Å². The van der Waals surface area contributed by atoms with Crippen LogP contribution in [-0.4, -0.2) is 74.0 Å². The fraction of sp³-hybridized carbons (Fsp3) is 0.297. The summed E-state index contributed by atoms with van der Waals surface area (Å²) >= 11 is 0. The number of carbonyl (C=O) groups is 1. The molecule has 1 aliphatic heterocycles. The lowest BCUT2D eigenvalue weighted by Crippen LogP contribution is -2.18. The van der Waals surface area contributed by atoms with Crippen LogP contribution < -0.4 is 5.32 Å². The van der Waals surface area contributed by atoms with Gasteiger partial charge in [0.1, 0.15) is 17.0 Å². The number of likely N-dealkylation sites (tertiary alicyclic amines) is 1. The molecule has 0 spiro atoms. The number of aromatic nitrogens is 4. The molecule has 0 unspecified atom stereocenters. The summed E-state index contributed by atoms with van der Waals surface area (Å²) in [5.41, 5.74) is 9.42. The lowest BCUT2D eigenvalue weighted by molar-refractivity contribution is 0.111. The Kier molecular flexibility index (Phi) is 9.23. The van der Waals surface area contributed by atoms with Gasteiger partial charge in [-0.25, -0.2) is 9.97 Å². The molecule has 6 rings (SSSR count). The topological polar surface area (TPSA) is 99.4 Å². The molecule has 0 amide bonds. The summed E-state index contributed by atoms with van der Waals surface area (Å²) < 4.78 is 1.94. The van der Waals surface area contributed by atoms with Crippen LogP contribution in [0.15, 0.2) is 67.1 Å². The summed E-state index contributed by atoms with van der Waals surface area (Å²) in [6.07, 6.45) is 10.9. The van der Waals surface area contributed by atoms with Crippen molar-refractivity contribution in [1.29, 1.82) is 0 Å². The van der Waals surface area contributed by atoms with E-state index >= 15 is 0 Å². The van der Waals surface area contributed by atoms with Gasteiger partial charge < -0.3 is 19.9 Å². The molecule has 1 saturated heterocycles. The Morgan fingerprint density at radius 2 is 1.74 bits per heavy atom. The number of aldehydes is 1. The Balaban J connectivity index is 1.31. The quantitative estimate of drug-likeness (QED) is 0.166. The van der Waals surface area contributed by atoms with E-state index in [1.807, 2.05) is 66.4 Å². The van der Waals surface area contributed by atoms with Crippen LogP contribution in [0.3, 0.4) is 0 Å². The minimum atomic E-state index is 0.0509. The number of aliphatic hydroxyl groups is 1. The number of nitrogens with zero attached hydrogens (tertiary/aromatic N) is 6. The van der Waals surface area contributed by atoms with Crippen molar-refractivity contribution in [3.05, 3.63) is 95.2 Å². The van der Waals surface area contributed by atoms with Crippen molar-refractivity contribution >= 4 is 34.8 Å². The molecular formula is C37H41N7O2. The zero-order chi connectivity index (χ0) is 32.2. The van der Waals surface area contributed by atoms with Crippen LogP contribution in [0.4, 0.5) is 11.5 Å². The summed E-state index contributed by atoms with van der Waals surface area (Å²) in [4.78, 5) is 30.6. The van der Waals surface area contributed by atoms with Crippen LogP contribution in [0, 0.1) is 13.8 Å². The highest BCUT2D eigenvalue weighted by Crippen LogP contribution is 2.37. The fourth-order valence-corrected chi connectivity index (χ4v) is 6.33. The maximum Gasteiger partial charge on any atom is 0.170 e. The third kappa shape index (κ3) is 6.29. The first kappa shape index (κ1) is 31.1. The molecule has 4 heterocycles. The van der Waals surface area contributed by atoms with Gasteiger partial charge in [-0.3, -0.25) is 14.7 Å². The van der Waals surface area contributed by atoms with Gasteiger partial charge in [0.2, 0.25) is 0 Å². The molecule has 0 aliphatic carbocycles. The SMILES string of the molecule is Cc1c(Nc2nccc3cc(CN4CCCC4)cnc23)cccc1-c1cccc(-c2nc(C=O)c(/C=C\N(C)CCO)n2C)c1C. The van der Waals surface area contributed by atoms with Gasteiger partial charge in [-0.1, -0.05) is 30.3 Å². The van der Waals surface area contributed by atoms with Crippen molar-refractivity contribution in [3.8, 4) is 22.5 Å². The van der Waals surface area contributed by atoms with E-state index in [4.69, 9.17) is 9.97 Å². The summed E-state index contributed by atoms with van der Waals surface area (Å²) in [6.45, 7) is 8.01. The molecule has 2 aromatic carbocycles. The second-order valence-corrected chi connectivity index (χ2v) is 12.0. The van der Waals surface area contributed by atoms with E-state index in [9.17, 15) is 9.90 Å². The summed E-state index contributed by atoms with van der Waals surface area (Å²) in [5.74, 6) is 1.45. The van der Waals surface area contributed by atoms with Crippen molar-refractivity contribution < 1.29 is 9.90 Å². The largest absolute Gasteiger partial charge is 0.395 e. The molecule has 9 nitrogen and oxygen atoms in total. The summed E-state index contributed by atoms with van der Waals surface area (Å²) in [7, 11) is 3.80. The number of carbonyl (C=O) groups excluding carboxylic acids is 1. The van der Waals surface area contributed by atoms with Gasteiger partial charge >= 0.3 is 0 Å². The van der Waals surface area contributed by atoms with Crippen LogP contribution in [0.5, 0.6) is 0 Å². The van der Waals surface area contributed by atoms with Gasteiger partial charge in [-0.05, 0) is 91.9 Å². The van der Waals surface area contributed by atoms with Crippen LogP contribution in [0.2, 0.25) is 0 Å². The van der Waals surface area contributed by atoms with E-state index in [2.05, 4.69) is 59.4 Å². The van der Waals surface area contributed by atoms with Crippen molar-refractivity contribution in [1.82, 2.24) is 29.3 Å². The highest BCUT2D eigenvalue weighted by Gasteiger charge is 2.19. The zero-order valence-electron chi connectivity index (χ0n) is 27.0. The van der Waals surface area contributed by atoms with Gasteiger partial charge in [0.05, 0.1) is 12.3 Å². The van der Waals surface area contributed by atoms with Crippen LogP contribution in [-0.2, 0) is 13.6 Å². The number of likely N-dealkylation sites (N-methyl/N-ethyl adjacent to an activating group) is 1. The second-order valence-electron chi connectivity index (χ2n) is 12.0. The molecule has 0 atom stereocenters. The lowest BCUT2D eigenvalue weighted by Gasteiger charge is -2.17. The van der Waals surface area contributed by atoms with Crippen LogP contribution in [0.25, 0.3) is 39.5 Å². The van der Waals surface area contributed by atoms with Gasteiger partial charge in [0, 0.05) is 62.4 Å². The molecular weight excluding hydrogens is 574 g/mol. The number of fused-ring (bicyclic) bond motifs is 1. The van der Waals surface area contributed by atoms with E-state index in [1.54, 1.807) is 0 Å². The predicted octanol–water partition coefficient (Wildman–Crippen LogP) is 6.36. The first-order valence-electron chi connectivity index (χ1n) is 15.8. The third-order valence-electron chi connectivity index (χ3n) is 8.93. The number of rotatable bonds is 11. The average molecular weight is 616 g/mol. The Morgan fingerprint density at radius 1 is 1.00 bits per heavy atom. The maximum atomic E-state index is 12.0. The smallest absolute Gasteiger partial charge is 0.170 e. The lowest BCUT2D eigenvalue weighted by atomic mass is 9.92. The Hall–Kier alpha value is -4.86. The number of imidazole rings is 1. The summed E-state index contributed by atoms with van der Waals surface area (Å²) in [6, 6.07) is 16.7. The van der Waals surface area contributed by atoms with Gasteiger partial charge in [0.15, 0.2) is 12.1 Å². The number of nitrogens with one attached hydrogen (secondary N) is 1. The second kappa shape index (κ2) is 13.6. The van der Waals surface area contributed by atoms with Gasteiger partial charge in [0.25, 0.3) is 0 Å². The third-order valence-corrected chi connectivity index (χ3v) is 8.93. The molecule has 2 N–H and O–H groups in total. The van der Waals surface area contributed by atoms with E-state index in [0.29, 0.717) is 23.8 Å². The number of benzene rings is 2. The molecule has 0 bridgehead atoms. The highest BCUT2D eigenvalue weighted by molar-refractivity contribution is 5.91. The number of aliphatic hydroxyl groups excluding tert-OH is 1. The van der Waals surface area contributed by atoms with Crippen molar-refractivity contribution in [2.24, 2.45) is 7.05 Å². The number of anilines is 2. The average Bonchev–Trinajstić information content (AvgIpc) is 3.68. The first-order valence-corrected chi connectivity index (χ1v) is 15.8. The van der Waals surface area contributed by atoms with Gasteiger partial charge in [-0.15, -0.1) is 0 Å². The molecule has 236 valence electrons. The molecule has 3 aromatic heterocycles. The van der Waals surface area contributed by atoms with Crippen LogP contribution >= 0.6 is 0 Å². The Bertz CT molecular complexity index is 1910. The monoisotopic (exact) mass is 615 g/mol. The molecule has 1 aliphatic rings. The minimum Gasteiger partial charge on any atom is -0.395 e. The highest BCUT2D eigenvalue weighted by atomic mass is 16.3. The minimum absolute atomic E-state index is 0.0509. The molecule has 5 aromatic rings. The van der Waals surface area contributed by atoms with E-state index in [-0.39, 0.29) is 6.61 Å². The maximum absolute atomic E-state index is 12.0. The summed E-state index contributed by atoms with van der Waals surface area (Å²) in [5, 5.41) is 13.9. The molecule has 0 radical (unpaired) electrons.